The SMILES string of the molecule is O=C(NC1CCN(Cc2ccc(Cl)cc2)CC1)[C@@H]1CN(S(=O)(=O)c2ccccc2Cl)CCO1. The van der Waals surface area contributed by atoms with E-state index in [9.17, 15) is 13.2 Å². The Kier molecular flexibility index (Phi) is 7.94. The molecule has 0 radical (unpaired) electrons. The van der Waals surface area contributed by atoms with Gasteiger partial charge >= 0.3 is 0 Å². The van der Waals surface area contributed by atoms with E-state index in [1.54, 1.807) is 18.2 Å². The fourth-order valence-electron chi connectivity index (χ4n) is 4.17. The highest BCUT2D eigenvalue weighted by molar-refractivity contribution is 7.89. The zero-order chi connectivity index (χ0) is 23.4. The number of carbonyl (C=O) groups is 1. The average Bonchev–Trinajstić information content (AvgIpc) is 2.82. The molecule has 0 aliphatic carbocycles. The third kappa shape index (κ3) is 6.07. The Labute approximate surface area is 204 Å². The fraction of sp³-hybridized carbons (Fsp3) is 0.435. The Bertz CT molecular complexity index is 1070. The molecule has 0 aromatic heterocycles. The molecule has 0 saturated carbocycles. The quantitative estimate of drug-likeness (QED) is 0.644. The van der Waals surface area contributed by atoms with E-state index in [2.05, 4.69) is 10.2 Å². The Morgan fingerprint density at radius 3 is 2.42 bits per heavy atom. The zero-order valence-corrected chi connectivity index (χ0v) is 20.5. The van der Waals surface area contributed by atoms with E-state index >= 15 is 0 Å². The summed E-state index contributed by atoms with van der Waals surface area (Å²) in [6, 6.07) is 14.2. The minimum Gasteiger partial charge on any atom is -0.366 e. The molecule has 178 valence electrons. The number of sulfonamides is 1. The van der Waals surface area contributed by atoms with E-state index < -0.39 is 16.1 Å². The number of morpholine rings is 1. The van der Waals surface area contributed by atoms with Crippen molar-refractivity contribution in [2.24, 2.45) is 0 Å². The number of hydrogen-bond acceptors (Lipinski definition) is 5. The van der Waals surface area contributed by atoms with Crippen molar-refractivity contribution in [2.75, 3.05) is 32.8 Å². The number of piperidine rings is 1. The van der Waals surface area contributed by atoms with Crippen LogP contribution in [0.5, 0.6) is 0 Å². The lowest BCUT2D eigenvalue weighted by molar-refractivity contribution is -0.137. The molecule has 1 N–H and O–H groups in total. The van der Waals surface area contributed by atoms with E-state index in [0.29, 0.717) is 0 Å². The first kappa shape index (κ1) is 24.4. The van der Waals surface area contributed by atoms with Gasteiger partial charge < -0.3 is 10.1 Å². The van der Waals surface area contributed by atoms with Gasteiger partial charge in [-0.3, -0.25) is 9.69 Å². The number of benzene rings is 2. The van der Waals surface area contributed by atoms with Gasteiger partial charge in [0.1, 0.15) is 11.0 Å². The first-order chi connectivity index (χ1) is 15.8. The Balaban J connectivity index is 1.29. The predicted molar refractivity (Wildman–Crippen MR) is 128 cm³/mol. The van der Waals surface area contributed by atoms with Crippen molar-refractivity contribution in [1.82, 2.24) is 14.5 Å². The monoisotopic (exact) mass is 511 g/mol. The molecule has 2 heterocycles. The minimum absolute atomic E-state index is 0.0329. The standard InChI is InChI=1S/C23H27Cl2N3O4S/c24-18-7-5-17(6-8-18)15-27-11-9-19(10-12-27)26-23(29)21-16-28(13-14-32-21)33(30,31)22-4-2-1-3-20(22)25/h1-8,19,21H,9-16H2,(H,26,29)/t21-/m0/s1. The second-order valence-corrected chi connectivity index (χ2v) is 11.1. The molecule has 0 unspecified atom stereocenters. The van der Waals surface area contributed by atoms with Crippen LogP contribution in [0.1, 0.15) is 18.4 Å². The van der Waals surface area contributed by atoms with Gasteiger partial charge in [0, 0.05) is 43.8 Å². The van der Waals surface area contributed by atoms with E-state index in [1.807, 2.05) is 24.3 Å². The number of nitrogens with one attached hydrogen (secondary N) is 1. The summed E-state index contributed by atoms with van der Waals surface area (Å²) in [4.78, 5) is 15.2. The number of nitrogens with zero attached hydrogens (tertiary/aromatic N) is 2. The maximum Gasteiger partial charge on any atom is 0.250 e. The topological polar surface area (TPSA) is 79.0 Å². The van der Waals surface area contributed by atoms with Gasteiger partial charge in [0.25, 0.3) is 5.91 Å². The van der Waals surface area contributed by atoms with Crippen molar-refractivity contribution < 1.29 is 17.9 Å². The van der Waals surface area contributed by atoms with Crippen LogP contribution in [-0.4, -0.2) is 68.5 Å². The molecule has 0 spiro atoms. The highest BCUT2D eigenvalue weighted by Crippen LogP contribution is 2.26. The van der Waals surface area contributed by atoms with Gasteiger partial charge in [-0.2, -0.15) is 4.31 Å². The molecule has 4 rings (SSSR count). The van der Waals surface area contributed by atoms with E-state index in [1.165, 1.54) is 15.9 Å². The molecule has 2 aromatic rings. The average molecular weight is 512 g/mol. The summed E-state index contributed by atoms with van der Waals surface area (Å²) in [6.45, 7) is 2.88. The van der Waals surface area contributed by atoms with E-state index in [4.69, 9.17) is 27.9 Å². The molecule has 1 atom stereocenters. The normalized spacial score (nSPS) is 21.1. The van der Waals surface area contributed by atoms with Crippen molar-refractivity contribution in [3.05, 3.63) is 64.1 Å². The first-order valence-corrected chi connectivity index (χ1v) is 13.2. The molecule has 33 heavy (non-hydrogen) atoms. The number of ether oxygens (including phenoxy) is 1. The van der Waals surface area contributed by atoms with Gasteiger partial charge in [-0.1, -0.05) is 47.5 Å². The smallest absolute Gasteiger partial charge is 0.250 e. The summed E-state index contributed by atoms with van der Waals surface area (Å²) in [6.07, 6.45) is 0.810. The van der Waals surface area contributed by atoms with Crippen molar-refractivity contribution >= 4 is 39.1 Å². The summed E-state index contributed by atoms with van der Waals surface area (Å²) in [7, 11) is -3.81. The summed E-state index contributed by atoms with van der Waals surface area (Å²) in [5, 5.41) is 3.94. The third-order valence-electron chi connectivity index (χ3n) is 6.03. The fourth-order valence-corrected chi connectivity index (χ4v) is 6.22. The Hall–Kier alpha value is -1.68. The first-order valence-electron chi connectivity index (χ1n) is 11.0. The molecular weight excluding hydrogens is 485 g/mol. The van der Waals surface area contributed by atoms with E-state index in [-0.39, 0.29) is 41.6 Å². The largest absolute Gasteiger partial charge is 0.366 e. The molecule has 2 fully saturated rings. The van der Waals surface area contributed by atoms with Crippen LogP contribution in [0.3, 0.4) is 0 Å². The predicted octanol–water partition coefficient (Wildman–Crippen LogP) is 3.16. The van der Waals surface area contributed by atoms with Crippen molar-refractivity contribution in [2.45, 2.75) is 36.4 Å². The van der Waals surface area contributed by atoms with Gasteiger partial charge in [-0.05, 0) is 42.7 Å². The number of carbonyl (C=O) groups excluding carboxylic acids is 1. The van der Waals surface area contributed by atoms with Crippen LogP contribution in [-0.2, 0) is 26.1 Å². The molecule has 7 nitrogen and oxygen atoms in total. The summed E-state index contributed by atoms with van der Waals surface area (Å²) < 4.78 is 32.9. The number of hydrogen-bond donors (Lipinski definition) is 1. The molecular formula is C23H27Cl2N3O4S. The van der Waals surface area contributed by atoms with Crippen LogP contribution in [0.4, 0.5) is 0 Å². The van der Waals surface area contributed by atoms with Crippen molar-refractivity contribution in [3.63, 3.8) is 0 Å². The Morgan fingerprint density at radius 1 is 1.03 bits per heavy atom. The minimum atomic E-state index is -3.81. The number of amides is 1. The summed E-state index contributed by atoms with van der Waals surface area (Å²) >= 11 is 12.1. The molecule has 2 aliphatic rings. The molecule has 0 bridgehead atoms. The van der Waals surface area contributed by atoms with Crippen LogP contribution in [0, 0.1) is 0 Å². The highest BCUT2D eigenvalue weighted by atomic mass is 35.5. The molecule has 2 saturated heterocycles. The highest BCUT2D eigenvalue weighted by Gasteiger charge is 2.35. The lowest BCUT2D eigenvalue weighted by atomic mass is 10.0. The van der Waals surface area contributed by atoms with Gasteiger partial charge in [0.2, 0.25) is 10.0 Å². The van der Waals surface area contributed by atoms with Gasteiger partial charge in [-0.15, -0.1) is 0 Å². The number of halogens is 2. The molecule has 2 aliphatic heterocycles. The van der Waals surface area contributed by atoms with Gasteiger partial charge in [-0.25, -0.2) is 8.42 Å². The maximum atomic E-state index is 13.0. The van der Waals surface area contributed by atoms with Gasteiger partial charge in [0.05, 0.1) is 11.6 Å². The van der Waals surface area contributed by atoms with E-state index in [0.717, 1.165) is 37.5 Å². The van der Waals surface area contributed by atoms with Crippen molar-refractivity contribution in [3.8, 4) is 0 Å². The van der Waals surface area contributed by atoms with Crippen LogP contribution in [0.2, 0.25) is 10.0 Å². The maximum absolute atomic E-state index is 13.0. The Morgan fingerprint density at radius 2 is 1.73 bits per heavy atom. The second-order valence-electron chi connectivity index (χ2n) is 8.34. The number of likely N-dealkylation sites (tertiary alicyclic amines) is 1. The second kappa shape index (κ2) is 10.7. The van der Waals surface area contributed by atoms with Crippen molar-refractivity contribution in [1.29, 1.82) is 0 Å². The lowest BCUT2D eigenvalue weighted by Gasteiger charge is -2.35. The van der Waals surface area contributed by atoms with Gasteiger partial charge in [0.15, 0.2) is 0 Å². The molecule has 1 amide bonds. The molecule has 10 heteroatoms. The zero-order valence-electron chi connectivity index (χ0n) is 18.1. The summed E-state index contributed by atoms with van der Waals surface area (Å²) in [5.74, 6) is -0.273. The molecule has 2 aromatic carbocycles. The number of rotatable bonds is 6. The summed E-state index contributed by atoms with van der Waals surface area (Å²) in [5.41, 5.74) is 1.21. The van der Waals surface area contributed by atoms with Crippen LogP contribution >= 0.6 is 23.2 Å². The van der Waals surface area contributed by atoms with Crippen LogP contribution in [0.25, 0.3) is 0 Å². The van der Waals surface area contributed by atoms with Crippen LogP contribution < -0.4 is 5.32 Å². The third-order valence-corrected chi connectivity index (χ3v) is 8.65. The lowest BCUT2D eigenvalue weighted by Crippen LogP contribution is -2.54. The van der Waals surface area contributed by atoms with Crippen LogP contribution in [0.15, 0.2) is 53.4 Å².